The minimum absolute atomic E-state index is 0.426. The monoisotopic (exact) mass is 208 g/mol. The van der Waals surface area contributed by atoms with Crippen LogP contribution in [-0.4, -0.2) is 21.0 Å². The predicted octanol–water partition coefficient (Wildman–Crippen LogP) is 0.142. The SMILES string of the molecule is N#Cc1nc(N)c(C(=O)O)cc1[N+](=O)[O-]. The summed E-state index contributed by atoms with van der Waals surface area (Å²) in [4.78, 5) is 23.5. The second kappa shape index (κ2) is 3.59. The van der Waals surface area contributed by atoms with E-state index in [0.717, 1.165) is 0 Å². The Kier molecular flexibility index (Phi) is 2.48. The fourth-order valence-corrected chi connectivity index (χ4v) is 0.910. The maximum Gasteiger partial charge on any atom is 0.339 e. The molecule has 15 heavy (non-hydrogen) atoms. The Morgan fingerprint density at radius 2 is 2.33 bits per heavy atom. The Morgan fingerprint density at radius 1 is 1.73 bits per heavy atom. The number of hydrogen-bond donors (Lipinski definition) is 2. The molecule has 0 spiro atoms. The molecule has 3 N–H and O–H groups in total. The average molecular weight is 208 g/mol. The Morgan fingerprint density at radius 3 is 2.73 bits per heavy atom. The molecule has 1 rings (SSSR count). The van der Waals surface area contributed by atoms with Gasteiger partial charge in [0.05, 0.1) is 4.92 Å². The Labute approximate surface area is 82.7 Å². The standard InChI is InChI=1S/C7H4N4O4/c8-2-4-5(11(14)15)1-3(7(12)13)6(9)10-4/h1H,(H2,9,10)(H,12,13). The third-order valence-corrected chi connectivity index (χ3v) is 1.56. The fraction of sp³-hybridized carbons (Fsp3) is 0. The van der Waals surface area contributed by atoms with E-state index < -0.39 is 33.7 Å². The summed E-state index contributed by atoms with van der Waals surface area (Å²) in [6.07, 6.45) is 0. The summed E-state index contributed by atoms with van der Waals surface area (Å²) < 4.78 is 0. The highest BCUT2D eigenvalue weighted by atomic mass is 16.6. The van der Waals surface area contributed by atoms with Crippen molar-refractivity contribution >= 4 is 17.5 Å². The number of anilines is 1. The van der Waals surface area contributed by atoms with Crippen LogP contribution < -0.4 is 5.73 Å². The van der Waals surface area contributed by atoms with Gasteiger partial charge in [-0.05, 0) is 0 Å². The number of carboxylic acid groups (broad SMARTS) is 1. The zero-order valence-electron chi connectivity index (χ0n) is 7.17. The van der Waals surface area contributed by atoms with Gasteiger partial charge in [-0.2, -0.15) is 5.26 Å². The van der Waals surface area contributed by atoms with Crippen LogP contribution >= 0.6 is 0 Å². The number of nitro groups is 1. The largest absolute Gasteiger partial charge is 0.478 e. The number of nitrogens with two attached hydrogens (primary N) is 1. The van der Waals surface area contributed by atoms with Gasteiger partial charge in [0.15, 0.2) is 0 Å². The maximum atomic E-state index is 10.6. The molecular weight excluding hydrogens is 204 g/mol. The summed E-state index contributed by atoms with van der Waals surface area (Å²) in [5, 5.41) is 27.6. The quantitative estimate of drug-likeness (QED) is 0.519. The van der Waals surface area contributed by atoms with E-state index in [1.165, 1.54) is 6.07 Å². The molecule has 0 saturated carbocycles. The molecule has 0 atom stereocenters. The van der Waals surface area contributed by atoms with Gasteiger partial charge < -0.3 is 10.8 Å². The number of aromatic carboxylic acids is 1. The third kappa shape index (κ3) is 1.80. The van der Waals surface area contributed by atoms with Crippen molar-refractivity contribution in [3.8, 4) is 6.07 Å². The molecular formula is C7H4N4O4. The third-order valence-electron chi connectivity index (χ3n) is 1.56. The molecule has 0 aliphatic carbocycles. The van der Waals surface area contributed by atoms with E-state index in [9.17, 15) is 14.9 Å². The van der Waals surface area contributed by atoms with Crippen LogP contribution in [0.2, 0.25) is 0 Å². The number of carboxylic acids is 1. The molecule has 0 amide bonds. The van der Waals surface area contributed by atoms with Gasteiger partial charge in [-0.1, -0.05) is 0 Å². The summed E-state index contributed by atoms with van der Waals surface area (Å²) in [5.74, 6) is -1.86. The first-order valence-electron chi connectivity index (χ1n) is 3.55. The van der Waals surface area contributed by atoms with Crippen molar-refractivity contribution in [1.82, 2.24) is 4.98 Å². The van der Waals surface area contributed by atoms with Crippen LogP contribution in [0.25, 0.3) is 0 Å². The van der Waals surface area contributed by atoms with Crippen LogP contribution in [0, 0.1) is 21.4 Å². The lowest BCUT2D eigenvalue weighted by molar-refractivity contribution is -0.385. The molecule has 0 bridgehead atoms. The smallest absolute Gasteiger partial charge is 0.339 e. The first-order chi connectivity index (χ1) is 6.97. The van der Waals surface area contributed by atoms with Gasteiger partial charge in [0.25, 0.3) is 0 Å². The van der Waals surface area contributed by atoms with Crippen LogP contribution in [-0.2, 0) is 0 Å². The number of nitrogens with zero attached hydrogens (tertiary/aromatic N) is 3. The number of pyridine rings is 1. The normalized spacial score (nSPS) is 9.27. The van der Waals surface area contributed by atoms with Crippen LogP contribution in [0.5, 0.6) is 0 Å². The molecule has 0 aliphatic heterocycles. The molecule has 1 aromatic heterocycles. The summed E-state index contributed by atoms with van der Waals surface area (Å²) in [6, 6.07) is 2.17. The van der Waals surface area contributed by atoms with Gasteiger partial charge in [-0.25, -0.2) is 9.78 Å². The van der Waals surface area contributed by atoms with E-state index in [2.05, 4.69) is 4.98 Å². The minimum atomic E-state index is -1.44. The maximum absolute atomic E-state index is 10.6. The van der Waals surface area contributed by atoms with Gasteiger partial charge in [0.2, 0.25) is 5.69 Å². The van der Waals surface area contributed by atoms with Gasteiger partial charge in [-0.3, -0.25) is 10.1 Å². The zero-order chi connectivity index (χ0) is 11.6. The summed E-state index contributed by atoms with van der Waals surface area (Å²) >= 11 is 0. The summed E-state index contributed by atoms with van der Waals surface area (Å²) in [6.45, 7) is 0. The average Bonchev–Trinajstić information content (AvgIpc) is 2.16. The van der Waals surface area contributed by atoms with Gasteiger partial charge in [0, 0.05) is 6.07 Å². The highest BCUT2D eigenvalue weighted by molar-refractivity contribution is 5.93. The van der Waals surface area contributed by atoms with E-state index >= 15 is 0 Å². The lowest BCUT2D eigenvalue weighted by Crippen LogP contribution is -2.08. The predicted molar refractivity (Wildman–Crippen MR) is 47.0 cm³/mol. The molecule has 0 aliphatic rings. The van der Waals surface area contributed by atoms with Crippen molar-refractivity contribution in [3.05, 3.63) is 27.4 Å². The van der Waals surface area contributed by atoms with Crippen molar-refractivity contribution in [2.75, 3.05) is 5.73 Å². The lowest BCUT2D eigenvalue weighted by Gasteiger charge is -2.00. The summed E-state index contributed by atoms with van der Waals surface area (Å²) in [7, 11) is 0. The number of carbonyl (C=O) groups is 1. The first-order valence-corrected chi connectivity index (χ1v) is 3.55. The number of aromatic nitrogens is 1. The molecule has 1 heterocycles. The summed E-state index contributed by atoms with van der Waals surface area (Å²) in [5.41, 5.74) is 3.51. The Balaban J connectivity index is 3.52. The number of nitriles is 1. The van der Waals surface area contributed by atoms with E-state index in [-0.39, 0.29) is 0 Å². The van der Waals surface area contributed by atoms with E-state index in [1.54, 1.807) is 0 Å². The molecule has 8 heteroatoms. The van der Waals surface area contributed by atoms with Crippen molar-refractivity contribution < 1.29 is 14.8 Å². The van der Waals surface area contributed by atoms with Gasteiger partial charge >= 0.3 is 11.7 Å². The Hall–Kier alpha value is -2.69. The van der Waals surface area contributed by atoms with Gasteiger partial charge in [0.1, 0.15) is 17.5 Å². The zero-order valence-corrected chi connectivity index (χ0v) is 7.17. The molecule has 0 saturated heterocycles. The fourth-order valence-electron chi connectivity index (χ4n) is 0.910. The highest BCUT2D eigenvalue weighted by Crippen LogP contribution is 2.21. The van der Waals surface area contributed by atoms with Crippen LogP contribution in [0.4, 0.5) is 11.5 Å². The highest BCUT2D eigenvalue weighted by Gasteiger charge is 2.21. The lowest BCUT2D eigenvalue weighted by atomic mass is 10.2. The van der Waals surface area contributed by atoms with Gasteiger partial charge in [-0.15, -0.1) is 0 Å². The number of rotatable bonds is 2. The first kappa shape index (κ1) is 10.4. The van der Waals surface area contributed by atoms with Crippen LogP contribution in [0.1, 0.15) is 16.1 Å². The Bertz CT molecular complexity index is 490. The van der Waals surface area contributed by atoms with Crippen molar-refractivity contribution in [2.45, 2.75) is 0 Å². The van der Waals surface area contributed by atoms with Crippen LogP contribution in [0.3, 0.4) is 0 Å². The number of hydrogen-bond acceptors (Lipinski definition) is 6. The van der Waals surface area contributed by atoms with E-state index in [1.807, 2.05) is 0 Å². The molecule has 76 valence electrons. The topological polar surface area (TPSA) is 143 Å². The molecule has 0 unspecified atom stereocenters. The number of nitrogen functional groups attached to an aromatic ring is 1. The van der Waals surface area contributed by atoms with E-state index in [4.69, 9.17) is 16.1 Å². The van der Waals surface area contributed by atoms with Crippen molar-refractivity contribution in [2.24, 2.45) is 0 Å². The molecule has 1 aromatic rings. The van der Waals surface area contributed by atoms with Crippen molar-refractivity contribution in [1.29, 1.82) is 5.26 Å². The molecule has 0 aromatic carbocycles. The van der Waals surface area contributed by atoms with Crippen molar-refractivity contribution in [3.63, 3.8) is 0 Å². The van der Waals surface area contributed by atoms with E-state index in [0.29, 0.717) is 6.07 Å². The molecule has 0 radical (unpaired) electrons. The second-order valence-electron chi connectivity index (χ2n) is 2.46. The van der Waals surface area contributed by atoms with Crippen LogP contribution in [0.15, 0.2) is 6.07 Å². The minimum Gasteiger partial charge on any atom is -0.478 e. The molecule has 0 fully saturated rings. The second-order valence-corrected chi connectivity index (χ2v) is 2.46. The molecule has 8 nitrogen and oxygen atoms in total.